The Hall–Kier alpha value is -1.68. The Bertz CT molecular complexity index is 551. The molecule has 0 saturated heterocycles. The minimum Gasteiger partial charge on any atom is -0.495 e. The van der Waals surface area contributed by atoms with Crippen LogP contribution >= 0.6 is 11.6 Å². The van der Waals surface area contributed by atoms with Crippen LogP contribution in [0.3, 0.4) is 0 Å². The number of nitrogens with one attached hydrogen (secondary N) is 1. The first-order valence-electron chi connectivity index (χ1n) is 5.67. The molecule has 96 valence electrons. The monoisotopic (exact) mass is 265 g/mol. The molecule has 1 heterocycles. The summed E-state index contributed by atoms with van der Waals surface area (Å²) < 4.78 is 6.98. The van der Waals surface area contributed by atoms with E-state index in [1.54, 1.807) is 7.11 Å². The summed E-state index contributed by atoms with van der Waals surface area (Å²) in [6, 6.07) is 7.69. The van der Waals surface area contributed by atoms with Crippen LogP contribution in [0.5, 0.6) is 5.75 Å². The van der Waals surface area contributed by atoms with Gasteiger partial charge in [0.15, 0.2) is 0 Å². The van der Waals surface area contributed by atoms with E-state index in [1.165, 1.54) is 0 Å². The standard InChI is InChI=1S/C13H16ClN3O/c1-9-6-11(17(2)16-9)8-15-10-4-5-13(18-3)12(14)7-10/h4-7,15H,8H2,1-3H3. The molecule has 0 unspecified atom stereocenters. The largest absolute Gasteiger partial charge is 0.495 e. The quantitative estimate of drug-likeness (QED) is 0.924. The van der Waals surface area contributed by atoms with Crippen LogP contribution in [0.2, 0.25) is 5.02 Å². The number of hydrogen-bond acceptors (Lipinski definition) is 3. The van der Waals surface area contributed by atoms with E-state index in [0.29, 0.717) is 17.3 Å². The van der Waals surface area contributed by atoms with Crippen LogP contribution < -0.4 is 10.1 Å². The lowest BCUT2D eigenvalue weighted by molar-refractivity contribution is 0.415. The number of anilines is 1. The van der Waals surface area contributed by atoms with Gasteiger partial charge in [-0.3, -0.25) is 4.68 Å². The van der Waals surface area contributed by atoms with E-state index in [0.717, 1.165) is 17.1 Å². The molecule has 0 aliphatic heterocycles. The first-order valence-corrected chi connectivity index (χ1v) is 6.05. The van der Waals surface area contributed by atoms with Gasteiger partial charge >= 0.3 is 0 Å². The van der Waals surface area contributed by atoms with Crippen LogP contribution in [-0.2, 0) is 13.6 Å². The summed E-state index contributed by atoms with van der Waals surface area (Å²) in [6.45, 7) is 2.69. The lowest BCUT2D eigenvalue weighted by Crippen LogP contribution is -2.05. The SMILES string of the molecule is COc1ccc(NCc2cc(C)nn2C)cc1Cl. The predicted molar refractivity (Wildman–Crippen MR) is 73.3 cm³/mol. The van der Waals surface area contributed by atoms with Gasteiger partial charge in [0.25, 0.3) is 0 Å². The molecule has 2 rings (SSSR count). The molecule has 1 N–H and O–H groups in total. The summed E-state index contributed by atoms with van der Waals surface area (Å²) in [5.41, 5.74) is 3.10. The Morgan fingerprint density at radius 1 is 1.39 bits per heavy atom. The van der Waals surface area contributed by atoms with Crippen molar-refractivity contribution in [2.24, 2.45) is 7.05 Å². The second-order valence-electron chi connectivity index (χ2n) is 4.10. The molecule has 4 nitrogen and oxygen atoms in total. The number of aromatic nitrogens is 2. The number of aryl methyl sites for hydroxylation is 2. The molecule has 2 aromatic rings. The molecule has 0 aliphatic rings. The van der Waals surface area contributed by atoms with E-state index in [4.69, 9.17) is 16.3 Å². The lowest BCUT2D eigenvalue weighted by Gasteiger charge is -2.09. The van der Waals surface area contributed by atoms with Gasteiger partial charge in [-0.05, 0) is 31.2 Å². The molecule has 0 bridgehead atoms. The van der Waals surface area contributed by atoms with Crippen LogP contribution in [0, 0.1) is 6.92 Å². The third-order valence-corrected chi connectivity index (χ3v) is 3.02. The Kier molecular flexibility index (Phi) is 3.77. The molecule has 0 amide bonds. The molecule has 0 radical (unpaired) electrons. The first kappa shape index (κ1) is 12.8. The zero-order valence-corrected chi connectivity index (χ0v) is 11.5. The fourth-order valence-corrected chi connectivity index (χ4v) is 2.06. The second-order valence-corrected chi connectivity index (χ2v) is 4.51. The highest BCUT2D eigenvalue weighted by Gasteiger charge is 2.04. The molecule has 18 heavy (non-hydrogen) atoms. The number of benzene rings is 1. The average molecular weight is 266 g/mol. The van der Waals surface area contributed by atoms with Crippen molar-refractivity contribution in [3.05, 3.63) is 40.7 Å². The van der Waals surface area contributed by atoms with E-state index < -0.39 is 0 Å². The van der Waals surface area contributed by atoms with Gasteiger partial charge in [-0.15, -0.1) is 0 Å². The van der Waals surface area contributed by atoms with Gasteiger partial charge in [0.2, 0.25) is 0 Å². The van der Waals surface area contributed by atoms with Gasteiger partial charge in [0, 0.05) is 12.7 Å². The van der Waals surface area contributed by atoms with E-state index in [-0.39, 0.29) is 0 Å². The molecule has 0 saturated carbocycles. The molecule has 0 spiro atoms. The molecular formula is C13H16ClN3O. The van der Waals surface area contributed by atoms with E-state index in [9.17, 15) is 0 Å². The maximum atomic E-state index is 6.06. The third kappa shape index (κ3) is 2.76. The molecule has 1 aromatic carbocycles. The molecule has 5 heteroatoms. The van der Waals surface area contributed by atoms with Crippen molar-refractivity contribution in [1.82, 2.24) is 9.78 Å². The fraction of sp³-hybridized carbons (Fsp3) is 0.308. The number of hydrogen-bond donors (Lipinski definition) is 1. The highest BCUT2D eigenvalue weighted by atomic mass is 35.5. The lowest BCUT2D eigenvalue weighted by atomic mass is 10.3. The van der Waals surface area contributed by atoms with Gasteiger partial charge in [-0.1, -0.05) is 11.6 Å². The average Bonchev–Trinajstić information content (AvgIpc) is 2.65. The van der Waals surface area contributed by atoms with Crippen molar-refractivity contribution in [2.75, 3.05) is 12.4 Å². The smallest absolute Gasteiger partial charge is 0.137 e. The molecule has 0 aliphatic carbocycles. The van der Waals surface area contributed by atoms with E-state index in [2.05, 4.69) is 16.5 Å². The topological polar surface area (TPSA) is 39.1 Å². The Balaban J connectivity index is 2.06. The number of ether oxygens (including phenoxy) is 1. The molecule has 0 atom stereocenters. The van der Waals surface area contributed by atoms with Crippen LogP contribution in [0.25, 0.3) is 0 Å². The number of nitrogens with zero attached hydrogens (tertiary/aromatic N) is 2. The van der Waals surface area contributed by atoms with Gasteiger partial charge < -0.3 is 10.1 Å². The Morgan fingerprint density at radius 2 is 2.17 bits per heavy atom. The predicted octanol–water partition coefficient (Wildman–Crippen LogP) is 3.00. The molecule has 0 fully saturated rings. The van der Waals surface area contributed by atoms with Crippen molar-refractivity contribution in [3.8, 4) is 5.75 Å². The zero-order chi connectivity index (χ0) is 13.1. The normalized spacial score (nSPS) is 10.4. The van der Waals surface area contributed by atoms with Gasteiger partial charge in [0.1, 0.15) is 5.75 Å². The summed E-state index contributed by atoms with van der Waals surface area (Å²) in [5, 5.41) is 8.21. The van der Waals surface area contributed by atoms with Crippen molar-refractivity contribution in [1.29, 1.82) is 0 Å². The maximum absolute atomic E-state index is 6.06. The summed E-state index contributed by atoms with van der Waals surface area (Å²) in [6.07, 6.45) is 0. The Labute approximate surface area is 112 Å². The van der Waals surface area contributed by atoms with Gasteiger partial charge in [0.05, 0.1) is 30.1 Å². The minimum absolute atomic E-state index is 0.601. The maximum Gasteiger partial charge on any atom is 0.137 e. The summed E-state index contributed by atoms with van der Waals surface area (Å²) >= 11 is 6.06. The highest BCUT2D eigenvalue weighted by Crippen LogP contribution is 2.27. The van der Waals surface area contributed by atoms with E-state index in [1.807, 2.05) is 36.9 Å². The zero-order valence-electron chi connectivity index (χ0n) is 10.7. The van der Waals surface area contributed by atoms with Crippen LogP contribution in [-0.4, -0.2) is 16.9 Å². The summed E-state index contributed by atoms with van der Waals surface area (Å²) in [7, 11) is 3.54. The number of rotatable bonds is 4. The van der Waals surface area contributed by atoms with E-state index >= 15 is 0 Å². The minimum atomic E-state index is 0.601. The summed E-state index contributed by atoms with van der Waals surface area (Å²) in [5.74, 6) is 0.679. The van der Waals surface area contributed by atoms with Gasteiger partial charge in [-0.2, -0.15) is 5.10 Å². The van der Waals surface area contributed by atoms with Crippen molar-refractivity contribution in [2.45, 2.75) is 13.5 Å². The molecular weight excluding hydrogens is 250 g/mol. The third-order valence-electron chi connectivity index (χ3n) is 2.72. The van der Waals surface area contributed by atoms with Crippen molar-refractivity contribution < 1.29 is 4.74 Å². The molecule has 1 aromatic heterocycles. The van der Waals surface area contributed by atoms with Crippen molar-refractivity contribution >= 4 is 17.3 Å². The number of methoxy groups -OCH3 is 1. The van der Waals surface area contributed by atoms with Crippen molar-refractivity contribution in [3.63, 3.8) is 0 Å². The first-order chi connectivity index (χ1) is 8.60. The van der Waals surface area contributed by atoms with Crippen LogP contribution in [0.4, 0.5) is 5.69 Å². The number of halogens is 1. The second kappa shape index (κ2) is 5.31. The Morgan fingerprint density at radius 3 is 2.72 bits per heavy atom. The van der Waals surface area contributed by atoms with Gasteiger partial charge in [-0.25, -0.2) is 0 Å². The highest BCUT2D eigenvalue weighted by molar-refractivity contribution is 6.32. The fourth-order valence-electron chi connectivity index (χ4n) is 1.80. The summed E-state index contributed by atoms with van der Waals surface area (Å²) in [4.78, 5) is 0. The van der Waals surface area contributed by atoms with Crippen LogP contribution in [0.15, 0.2) is 24.3 Å². The van der Waals surface area contributed by atoms with Crippen LogP contribution in [0.1, 0.15) is 11.4 Å².